The number of rotatable bonds is 5. The third-order valence-corrected chi connectivity index (χ3v) is 2.35. The van der Waals surface area contributed by atoms with Gasteiger partial charge in [-0.3, -0.25) is 4.79 Å². The van der Waals surface area contributed by atoms with E-state index in [0.29, 0.717) is 17.9 Å². The van der Waals surface area contributed by atoms with Gasteiger partial charge in [-0.2, -0.15) is 0 Å². The van der Waals surface area contributed by atoms with Crippen LogP contribution in [0.2, 0.25) is 0 Å². The van der Waals surface area contributed by atoms with Crippen LogP contribution in [0.5, 0.6) is 11.5 Å². The van der Waals surface area contributed by atoms with E-state index in [9.17, 15) is 9.90 Å². The first-order valence-electron chi connectivity index (χ1n) is 5.40. The highest BCUT2D eigenvalue weighted by Gasteiger charge is 2.15. The van der Waals surface area contributed by atoms with E-state index in [0.717, 1.165) is 0 Å². The molecule has 92 valence electrons. The molecule has 0 bridgehead atoms. The van der Waals surface area contributed by atoms with Crippen LogP contribution >= 0.6 is 0 Å². The minimum absolute atomic E-state index is 0.154. The summed E-state index contributed by atoms with van der Waals surface area (Å²) in [6.45, 7) is 7.31. The average molecular weight is 235 g/mol. The summed E-state index contributed by atoms with van der Waals surface area (Å²) in [5.74, 6) is 0.445. The Bertz CT molecular complexity index is 415. The molecule has 1 unspecified atom stereocenters. The van der Waals surface area contributed by atoms with Gasteiger partial charge in [0, 0.05) is 12.1 Å². The lowest BCUT2D eigenvalue weighted by atomic mass is 10.2. The van der Waals surface area contributed by atoms with E-state index in [-0.39, 0.29) is 11.7 Å². The first-order valence-corrected chi connectivity index (χ1v) is 5.40. The molecular formula is C13H17NO3. The van der Waals surface area contributed by atoms with Gasteiger partial charge in [-0.1, -0.05) is 12.1 Å². The number of nitrogens with one attached hydrogen (secondary N) is 1. The van der Waals surface area contributed by atoms with Crippen molar-refractivity contribution in [1.29, 1.82) is 0 Å². The fraction of sp³-hybridized carbons (Fsp3) is 0.308. The van der Waals surface area contributed by atoms with Gasteiger partial charge in [0.15, 0.2) is 6.10 Å². The Morgan fingerprint density at radius 1 is 1.65 bits per heavy atom. The van der Waals surface area contributed by atoms with Crippen molar-refractivity contribution < 1.29 is 14.6 Å². The van der Waals surface area contributed by atoms with Gasteiger partial charge in [-0.25, -0.2) is 0 Å². The largest absolute Gasteiger partial charge is 0.508 e. The molecule has 17 heavy (non-hydrogen) atoms. The molecule has 4 nitrogen and oxygen atoms in total. The fourth-order valence-corrected chi connectivity index (χ4v) is 1.29. The van der Waals surface area contributed by atoms with Gasteiger partial charge in [0.1, 0.15) is 11.5 Å². The molecule has 0 heterocycles. The highest BCUT2D eigenvalue weighted by molar-refractivity contribution is 5.80. The second kappa shape index (κ2) is 5.94. The van der Waals surface area contributed by atoms with Gasteiger partial charge in [0.05, 0.1) is 0 Å². The lowest BCUT2D eigenvalue weighted by Crippen LogP contribution is -2.36. The van der Waals surface area contributed by atoms with Crippen molar-refractivity contribution in [2.75, 3.05) is 6.54 Å². The maximum Gasteiger partial charge on any atom is 0.261 e. The number of carbonyl (C=O) groups is 1. The first kappa shape index (κ1) is 13.1. The standard InChI is InChI=1S/C13H17NO3/c1-4-8-14-13(16)10(3)17-12-7-5-6-11(15)9(12)2/h4-7,10,15H,1,8H2,2-3H3,(H,14,16). The maximum absolute atomic E-state index is 11.6. The number of phenolic OH excluding ortho intramolecular Hbond substituents is 1. The van der Waals surface area contributed by atoms with E-state index < -0.39 is 6.10 Å². The minimum Gasteiger partial charge on any atom is -0.508 e. The molecule has 0 aliphatic rings. The second-order valence-electron chi connectivity index (χ2n) is 3.69. The molecule has 4 heteroatoms. The van der Waals surface area contributed by atoms with Crippen molar-refractivity contribution in [1.82, 2.24) is 5.32 Å². The number of hydrogen-bond donors (Lipinski definition) is 2. The molecule has 0 spiro atoms. The molecule has 2 N–H and O–H groups in total. The van der Waals surface area contributed by atoms with Gasteiger partial charge in [-0.15, -0.1) is 6.58 Å². The van der Waals surface area contributed by atoms with Crippen molar-refractivity contribution in [3.05, 3.63) is 36.4 Å². The van der Waals surface area contributed by atoms with Crippen LogP contribution in [0.4, 0.5) is 0 Å². The van der Waals surface area contributed by atoms with Crippen LogP contribution in [-0.2, 0) is 4.79 Å². The molecule has 1 amide bonds. The van der Waals surface area contributed by atoms with Gasteiger partial charge in [0.25, 0.3) is 5.91 Å². The third kappa shape index (κ3) is 3.52. The molecule has 0 saturated carbocycles. The Morgan fingerprint density at radius 3 is 3.00 bits per heavy atom. The predicted octanol–water partition coefficient (Wildman–Crippen LogP) is 1.77. The molecule has 1 rings (SSSR count). The monoisotopic (exact) mass is 235 g/mol. The van der Waals surface area contributed by atoms with Crippen LogP contribution in [0.25, 0.3) is 0 Å². The second-order valence-corrected chi connectivity index (χ2v) is 3.69. The van der Waals surface area contributed by atoms with E-state index in [1.807, 2.05) is 0 Å². The minimum atomic E-state index is -0.615. The Morgan fingerprint density at radius 2 is 2.35 bits per heavy atom. The third-order valence-electron chi connectivity index (χ3n) is 2.35. The van der Waals surface area contributed by atoms with Crippen LogP contribution in [0, 0.1) is 6.92 Å². The number of amides is 1. The number of phenols is 1. The normalized spacial score (nSPS) is 11.6. The Kier molecular flexibility index (Phi) is 4.57. The van der Waals surface area contributed by atoms with Crippen LogP contribution in [0.1, 0.15) is 12.5 Å². The summed E-state index contributed by atoms with van der Waals surface area (Å²) in [6.07, 6.45) is 0.986. The van der Waals surface area contributed by atoms with Gasteiger partial charge in [-0.05, 0) is 26.0 Å². The zero-order valence-electron chi connectivity index (χ0n) is 10.1. The van der Waals surface area contributed by atoms with Crippen molar-refractivity contribution in [3.63, 3.8) is 0 Å². The zero-order valence-corrected chi connectivity index (χ0v) is 10.1. The zero-order chi connectivity index (χ0) is 12.8. The molecule has 0 aromatic heterocycles. The first-order chi connectivity index (χ1) is 8.06. The van der Waals surface area contributed by atoms with Crippen LogP contribution in [0.15, 0.2) is 30.9 Å². The lowest BCUT2D eigenvalue weighted by molar-refractivity contribution is -0.127. The predicted molar refractivity (Wildman–Crippen MR) is 66.1 cm³/mol. The van der Waals surface area contributed by atoms with E-state index >= 15 is 0 Å². The van der Waals surface area contributed by atoms with E-state index in [1.54, 1.807) is 38.1 Å². The molecule has 0 fully saturated rings. The summed E-state index contributed by atoms with van der Waals surface area (Å²) in [5, 5.41) is 12.1. The molecule has 0 aliphatic heterocycles. The molecule has 1 atom stereocenters. The number of aromatic hydroxyl groups is 1. The average Bonchev–Trinajstić information content (AvgIpc) is 2.31. The van der Waals surface area contributed by atoms with Crippen LogP contribution < -0.4 is 10.1 Å². The van der Waals surface area contributed by atoms with Crippen LogP contribution in [0.3, 0.4) is 0 Å². The topological polar surface area (TPSA) is 58.6 Å². The summed E-state index contributed by atoms with van der Waals surface area (Å²) < 4.78 is 5.48. The van der Waals surface area contributed by atoms with Crippen molar-refractivity contribution in [3.8, 4) is 11.5 Å². The van der Waals surface area contributed by atoms with Crippen molar-refractivity contribution >= 4 is 5.91 Å². The summed E-state index contributed by atoms with van der Waals surface area (Å²) in [7, 11) is 0. The molecule has 1 aromatic rings. The van der Waals surface area contributed by atoms with Gasteiger partial charge < -0.3 is 15.2 Å². The molecule has 1 aromatic carbocycles. The summed E-state index contributed by atoms with van der Waals surface area (Å²) in [4.78, 5) is 11.6. The quantitative estimate of drug-likeness (QED) is 0.765. The molecule has 0 radical (unpaired) electrons. The number of carbonyl (C=O) groups excluding carboxylic acids is 1. The SMILES string of the molecule is C=CCNC(=O)C(C)Oc1cccc(O)c1C. The Labute approximate surface area is 101 Å². The summed E-state index contributed by atoms with van der Waals surface area (Å²) >= 11 is 0. The number of hydrogen-bond acceptors (Lipinski definition) is 3. The molecule has 0 saturated heterocycles. The molecule has 0 aliphatic carbocycles. The maximum atomic E-state index is 11.6. The van der Waals surface area contributed by atoms with E-state index in [1.165, 1.54) is 0 Å². The number of benzene rings is 1. The highest BCUT2D eigenvalue weighted by Crippen LogP contribution is 2.26. The van der Waals surface area contributed by atoms with E-state index in [2.05, 4.69) is 11.9 Å². The smallest absolute Gasteiger partial charge is 0.261 e. The highest BCUT2D eigenvalue weighted by atomic mass is 16.5. The van der Waals surface area contributed by atoms with Gasteiger partial charge in [0.2, 0.25) is 0 Å². The van der Waals surface area contributed by atoms with Crippen molar-refractivity contribution in [2.24, 2.45) is 0 Å². The lowest BCUT2D eigenvalue weighted by Gasteiger charge is -2.16. The van der Waals surface area contributed by atoms with E-state index in [4.69, 9.17) is 4.74 Å². The fourth-order valence-electron chi connectivity index (χ4n) is 1.29. The van der Waals surface area contributed by atoms with Crippen LogP contribution in [-0.4, -0.2) is 23.7 Å². The molecular weight excluding hydrogens is 218 g/mol. The number of ether oxygens (including phenoxy) is 1. The Balaban J connectivity index is 2.67. The van der Waals surface area contributed by atoms with Crippen molar-refractivity contribution in [2.45, 2.75) is 20.0 Å². The Hall–Kier alpha value is -1.97. The van der Waals surface area contributed by atoms with Gasteiger partial charge >= 0.3 is 0 Å². The summed E-state index contributed by atoms with van der Waals surface area (Å²) in [6, 6.07) is 4.96. The summed E-state index contributed by atoms with van der Waals surface area (Å²) in [5.41, 5.74) is 0.621.